The first-order chi connectivity index (χ1) is 18.3. The molecule has 0 radical (unpaired) electrons. The molecule has 190 valence electrons. The number of imidazole rings is 2. The molecule has 0 fully saturated rings. The molecule has 0 unspecified atom stereocenters. The number of hydrogen-bond acceptors (Lipinski definition) is 7. The Labute approximate surface area is 219 Å². The SMILES string of the molecule is CC(C)(O)c1ccc(-c2ccn3ccnc3c2)cn1.COC(=O)c1ccc(-c2ccn3ccnc3c2)cn1. The fourth-order valence-corrected chi connectivity index (χ4v) is 3.90. The molecule has 1 N–H and O–H groups in total. The van der Waals surface area contributed by atoms with Crippen molar-refractivity contribution in [3.8, 4) is 22.3 Å². The highest BCUT2D eigenvalue weighted by Gasteiger charge is 2.17. The zero-order valence-corrected chi connectivity index (χ0v) is 21.2. The van der Waals surface area contributed by atoms with E-state index >= 15 is 0 Å². The quantitative estimate of drug-likeness (QED) is 0.342. The van der Waals surface area contributed by atoms with E-state index < -0.39 is 11.6 Å². The average molecular weight is 507 g/mol. The summed E-state index contributed by atoms with van der Waals surface area (Å²) in [4.78, 5) is 28.2. The maximum atomic E-state index is 11.3. The summed E-state index contributed by atoms with van der Waals surface area (Å²) in [5.74, 6) is -0.435. The maximum Gasteiger partial charge on any atom is 0.356 e. The fraction of sp³-hybridized carbons (Fsp3) is 0.138. The molecule has 6 rings (SSSR count). The first-order valence-corrected chi connectivity index (χ1v) is 11.9. The standard InChI is InChI=1S/C15H15N3O.C14H11N3O2/c1-15(2,19)13-4-3-12(10-17-13)11-5-7-18-8-6-16-14(18)9-11;1-19-14(18)12-3-2-11(9-16-12)10-4-6-17-7-5-15-13(17)8-10/h3-10,19H,1-2H3;2-9H,1H3. The Kier molecular flexibility index (Phi) is 6.68. The number of aromatic nitrogens is 6. The molecule has 6 heterocycles. The molecular weight excluding hydrogens is 480 g/mol. The molecule has 0 saturated carbocycles. The lowest BCUT2D eigenvalue weighted by molar-refractivity contribution is 0.0594. The van der Waals surface area contributed by atoms with Crippen molar-refractivity contribution in [2.24, 2.45) is 0 Å². The van der Waals surface area contributed by atoms with Crippen molar-refractivity contribution in [3.05, 3.63) is 109 Å². The van der Waals surface area contributed by atoms with E-state index in [1.165, 1.54) is 7.11 Å². The van der Waals surface area contributed by atoms with Gasteiger partial charge in [-0.05, 0) is 61.4 Å². The van der Waals surface area contributed by atoms with Crippen molar-refractivity contribution in [2.45, 2.75) is 19.4 Å². The Morgan fingerprint density at radius 3 is 1.74 bits per heavy atom. The summed E-state index contributed by atoms with van der Waals surface area (Å²) in [6.07, 6.45) is 14.7. The minimum absolute atomic E-state index is 0.299. The summed E-state index contributed by atoms with van der Waals surface area (Å²) >= 11 is 0. The van der Waals surface area contributed by atoms with Crippen LogP contribution in [-0.2, 0) is 10.3 Å². The van der Waals surface area contributed by atoms with Crippen molar-refractivity contribution in [1.29, 1.82) is 0 Å². The summed E-state index contributed by atoms with van der Waals surface area (Å²) in [7, 11) is 1.34. The normalized spacial score (nSPS) is 11.3. The fourth-order valence-electron chi connectivity index (χ4n) is 3.90. The summed E-state index contributed by atoms with van der Waals surface area (Å²) in [5, 5.41) is 9.89. The topological polar surface area (TPSA) is 107 Å². The van der Waals surface area contributed by atoms with Gasteiger partial charge in [0.2, 0.25) is 0 Å². The van der Waals surface area contributed by atoms with Crippen molar-refractivity contribution in [1.82, 2.24) is 28.7 Å². The van der Waals surface area contributed by atoms with Crippen LogP contribution in [0.3, 0.4) is 0 Å². The Morgan fingerprint density at radius 2 is 1.29 bits per heavy atom. The van der Waals surface area contributed by atoms with Gasteiger partial charge in [-0.2, -0.15) is 0 Å². The number of hydrogen-bond donors (Lipinski definition) is 1. The van der Waals surface area contributed by atoms with Crippen LogP contribution in [0.25, 0.3) is 33.5 Å². The van der Waals surface area contributed by atoms with Crippen LogP contribution in [0.1, 0.15) is 30.0 Å². The Morgan fingerprint density at radius 1 is 0.737 bits per heavy atom. The molecule has 6 aromatic heterocycles. The first kappa shape index (κ1) is 24.8. The van der Waals surface area contributed by atoms with E-state index in [4.69, 9.17) is 0 Å². The summed E-state index contributed by atoms with van der Waals surface area (Å²) in [5.41, 5.74) is 5.84. The smallest absolute Gasteiger partial charge is 0.356 e. The molecule has 9 nitrogen and oxygen atoms in total. The van der Waals surface area contributed by atoms with Crippen molar-refractivity contribution in [2.75, 3.05) is 7.11 Å². The third-order valence-electron chi connectivity index (χ3n) is 6.01. The minimum Gasteiger partial charge on any atom is -0.464 e. The third kappa shape index (κ3) is 5.28. The van der Waals surface area contributed by atoms with Gasteiger partial charge in [-0.15, -0.1) is 0 Å². The number of carbonyl (C=O) groups excluding carboxylic acids is 1. The molecule has 38 heavy (non-hydrogen) atoms. The average Bonchev–Trinajstić information content (AvgIpc) is 3.61. The molecule has 0 aliphatic carbocycles. The van der Waals surface area contributed by atoms with Crippen LogP contribution in [0, 0.1) is 0 Å². The molecule has 0 aliphatic rings. The highest BCUT2D eigenvalue weighted by molar-refractivity contribution is 5.87. The van der Waals surface area contributed by atoms with E-state index in [-0.39, 0.29) is 0 Å². The second-order valence-electron chi connectivity index (χ2n) is 9.13. The van der Waals surface area contributed by atoms with E-state index in [9.17, 15) is 9.90 Å². The third-order valence-corrected chi connectivity index (χ3v) is 6.01. The second kappa shape index (κ2) is 10.2. The Hall–Kier alpha value is -4.89. The van der Waals surface area contributed by atoms with Crippen molar-refractivity contribution < 1.29 is 14.6 Å². The van der Waals surface area contributed by atoms with E-state index in [0.29, 0.717) is 11.4 Å². The van der Waals surface area contributed by atoms with E-state index in [0.717, 1.165) is 33.5 Å². The number of fused-ring (bicyclic) bond motifs is 2. The van der Waals surface area contributed by atoms with Crippen LogP contribution in [0.15, 0.2) is 98.1 Å². The van der Waals surface area contributed by atoms with Crippen LogP contribution in [0.5, 0.6) is 0 Å². The predicted octanol–water partition coefficient (Wildman–Crippen LogP) is 4.81. The minimum atomic E-state index is -0.911. The van der Waals surface area contributed by atoms with E-state index in [2.05, 4.69) is 24.7 Å². The molecule has 0 saturated heterocycles. The molecule has 0 bridgehead atoms. The number of esters is 1. The zero-order valence-electron chi connectivity index (χ0n) is 21.2. The van der Waals surface area contributed by atoms with Gasteiger partial charge in [-0.3, -0.25) is 4.98 Å². The summed E-state index contributed by atoms with van der Waals surface area (Å²) < 4.78 is 8.51. The lowest BCUT2D eigenvalue weighted by atomic mass is 10.0. The van der Waals surface area contributed by atoms with Crippen LogP contribution >= 0.6 is 0 Å². The van der Waals surface area contributed by atoms with Crippen molar-refractivity contribution in [3.63, 3.8) is 0 Å². The van der Waals surface area contributed by atoms with Gasteiger partial charge in [0.25, 0.3) is 0 Å². The number of methoxy groups -OCH3 is 1. The highest BCUT2D eigenvalue weighted by Crippen LogP contribution is 2.23. The number of ether oxygens (including phenoxy) is 1. The van der Waals surface area contributed by atoms with E-state index in [1.807, 2.05) is 76.1 Å². The lowest BCUT2D eigenvalue weighted by Gasteiger charge is -2.16. The van der Waals surface area contributed by atoms with Crippen LogP contribution < -0.4 is 0 Å². The Bertz CT molecular complexity index is 1700. The monoisotopic (exact) mass is 506 g/mol. The number of pyridine rings is 4. The van der Waals surface area contributed by atoms with Gasteiger partial charge < -0.3 is 18.6 Å². The number of aliphatic hydroxyl groups is 1. The van der Waals surface area contributed by atoms with Gasteiger partial charge in [0.05, 0.1) is 12.8 Å². The second-order valence-corrected chi connectivity index (χ2v) is 9.13. The predicted molar refractivity (Wildman–Crippen MR) is 143 cm³/mol. The van der Waals surface area contributed by atoms with Gasteiger partial charge in [0.1, 0.15) is 22.6 Å². The van der Waals surface area contributed by atoms with Crippen LogP contribution in [0.4, 0.5) is 0 Å². The number of carbonyl (C=O) groups is 1. The molecular formula is C29H26N6O3. The summed E-state index contributed by atoms with van der Waals surface area (Å²) in [6, 6.07) is 15.3. The highest BCUT2D eigenvalue weighted by atomic mass is 16.5. The first-order valence-electron chi connectivity index (χ1n) is 11.9. The van der Waals surface area contributed by atoms with Gasteiger partial charge >= 0.3 is 5.97 Å². The Balaban J connectivity index is 0.000000155. The molecule has 0 spiro atoms. The molecule has 0 amide bonds. The van der Waals surface area contributed by atoms with Gasteiger partial charge in [-0.1, -0.05) is 12.1 Å². The van der Waals surface area contributed by atoms with Gasteiger partial charge in [0.15, 0.2) is 0 Å². The number of rotatable bonds is 4. The summed E-state index contributed by atoms with van der Waals surface area (Å²) in [6.45, 7) is 3.46. The van der Waals surface area contributed by atoms with Gasteiger partial charge in [-0.25, -0.2) is 19.7 Å². The maximum absolute atomic E-state index is 11.3. The van der Waals surface area contributed by atoms with Gasteiger partial charge in [0, 0.05) is 60.7 Å². The van der Waals surface area contributed by atoms with Crippen LogP contribution in [0.2, 0.25) is 0 Å². The van der Waals surface area contributed by atoms with Crippen LogP contribution in [-0.4, -0.2) is 46.9 Å². The zero-order chi connectivity index (χ0) is 26.7. The lowest BCUT2D eigenvalue weighted by Crippen LogP contribution is -2.17. The molecule has 0 atom stereocenters. The molecule has 0 aliphatic heterocycles. The largest absolute Gasteiger partial charge is 0.464 e. The number of nitrogens with zero attached hydrogens (tertiary/aromatic N) is 6. The van der Waals surface area contributed by atoms with Crippen molar-refractivity contribution >= 4 is 17.3 Å². The molecule has 6 aromatic rings. The van der Waals surface area contributed by atoms with E-state index in [1.54, 1.807) is 44.7 Å². The molecule has 0 aromatic carbocycles. The molecule has 9 heteroatoms.